The Bertz CT molecular complexity index is 485. The Hall–Kier alpha value is -1.46. The van der Waals surface area contributed by atoms with Gasteiger partial charge in [-0.1, -0.05) is 6.07 Å². The number of nitrogens with one attached hydrogen (secondary N) is 1. The molecule has 5 heteroatoms. The van der Waals surface area contributed by atoms with Gasteiger partial charge in [-0.05, 0) is 43.0 Å². The highest BCUT2D eigenvalue weighted by molar-refractivity contribution is 5.77. The summed E-state index contributed by atoms with van der Waals surface area (Å²) in [5.74, 6) is -0.144. The highest BCUT2D eigenvalue weighted by atomic mass is 19.1. The smallest absolute Gasteiger partial charge is 0.248 e. The number of nitrogens with zero attached hydrogens (tertiary/aromatic N) is 1. The second-order valence-corrected chi connectivity index (χ2v) is 5.54. The van der Waals surface area contributed by atoms with Crippen molar-refractivity contribution >= 4 is 5.91 Å². The van der Waals surface area contributed by atoms with E-state index in [-0.39, 0.29) is 18.3 Å². The van der Waals surface area contributed by atoms with Crippen molar-refractivity contribution in [1.82, 2.24) is 10.2 Å². The molecule has 1 aromatic rings. The van der Waals surface area contributed by atoms with E-state index in [2.05, 4.69) is 5.32 Å². The minimum absolute atomic E-state index is 0.0527. The van der Waals surface area contributed by atoms with Gasteiger partial charge in [0.2, 0.25) is 5.91 Å². The number of rotatable bonds is 5. The maximum atomic E-state index is 13.2. The van der Waals surface area contributed by atoms with E-state index in [1.54, 1.807) is 12.1 Å². The molecule has 21 heavy (non-hydrogen) atoms. The fraction of sp³-hybridized carbons (Fsp3) is 0.562. The first kappa shape index (κ1) is 15.9. The Labute approximate surface area is 125 Å². The van der Waals surface area contributed by atoms with Gasteiger partial charge in [0.25, 0.3) is 0 Å². The normalized spacial score (nSPS) is 16.2. The van der Waals surface area contributed by atoms with E-state index in [0.29, 0.717) is 12.6 Å². The van der Waals surface area contributed by atoms with Crippen molar-refractivity contribution in [3.05, 3.63) is 35.1 Å². The minimum Gasteiger partial charge on any atom is -0.375 e. The van der Waals surface area contributed by atoms with Gasteiger partial charge in [0.1, 0.15) is 12.4 Å². The number of ether oxygens (including phenoxy) is 1. The summed E-state index contributed by atoms with van der Waals surface area (Å²) in [5, 5.41) is 3.46. The van der Waals surface area contributed by atoms with Crippen LogP contribution in [-0.4, -0.2) is 43.7 Å². The first-order valence-corrected chi connectivity index (χ1v) is 7.35. The van der Waals surface area contributed by atoms with Gasteiger partial charge < -0.3 is 15.0 Å². The standard InChI is InChI=1S/C16H23FN2O2/c1-12-3-4-14(17)9-13(12)10-18-15-5-7-19(8-6-15)16(20)11-21-2/h3-4,9,15,18H,5-8,10-11H2,1-2H3. The number of hydrogen-bond donors (Lipinski definition) is 1. The highest BCUT2D eigenvalue weighted by Crippen LogP contribution is 2.14. The van der Waals surface area contributed by atoms with Gasteiger partial charge in [-0.25, -0.2) is 4.39 Å². The molecule has 0 spiro atoms. The van der Waals surface area contributed by atoms with Crippen molar-refractivity contribution in [2.75, 3.05) is 26.8 Å². The van der Waals surface area contributed by atoms with E-state index in [1.807, 2.05) is 11.8 Å². The molecule has 1 saturated heterocycles. The summed E-state index contributed by atoms with van der Waals surface area (Å²) in [6.07, 6.45) is 1.84. The molecule has 0 unspecified atom stereocenters. The van der Waals surface area contributed by atoms with Crippen LogP contribution in [0.3, 0.4) is 0 Å². The second-order valence-electron chi connectivity index (χ2n) is 5.54. The molecular formula is C16H23FN2O2. The predicted molar refractivity (Wildman–Crippen MR) is 79.5 cm³/mol. The van der Waals surface area contributed by atoms with E-state index >= 15 is 0 Å². The van der Waals surface area contributed by atoms with Crippen LogP contribution in [0.15, 0.2) is 18.2 Å². The van der Waals surface area contributed by atoms with Crippen LogP contribution in [0.5, 0.6) is 0 Å². The van der Waals surface area contributed by atoms with Gasteiger partial charge in [-0.3, -0.25) is 4.79 Å². The van der Waals surface area contributed by atoms with Gasteiger partial charge in [-0.2, -0.15) is 0 Å². The third kappa shape index (κ3) is 4.51. The lowest BCUT2D eigenvalue weighted by molar-refractivity contribution is -0.136. The van der Waals surface area contributed by atoms with Crippen LogP contribution >= 0.6 is 0 Å². The molecular weight excluding hydrogens is 271 g/mol. The van der Waals surface area contributed by atoms with Crippen LogP contribution in [-0.2, 0) is 16.1 Å². The van der Waals surface area contributed by atoms with Crippen LogP contribution < -0.4 is 5.32 Å². The zero-order chi connectivity index (χ0) is 15.2. The molecule has 0 bridgehead atoms. The van der Waals surface area contributed by atoms with Crippen LogP contribution in [0.1, 0.15) is 24.0 Å². The lowest BCUT2D eigenvalue weighted by Crippen LogP contribution is -2.45. The van der Waals surface area contributed by atoms with E-state index in [1.165, 1.54) is 13.2 Å². The van der Waals surface area contributed by atoms with Gasteiger partial charge >= 0.3 is 0 Å². The van der Waals surface area contributed by atoms with Crippen molar-refractivity contribution < 1.29 is 13.9 Å². The Balaban J connectivity index is 1.79. The van der Waals surface area contributed by atoms with Gasteiger partial charge in [0.05, 0.1) is 0 Å². The Morgan fingerprint density at radius 1 is 1.43 bits per heavy atom. The summed E-state index contributed by atoms with van der Waals surface area (Å²) in [5.41, 5.74) is 2.09. The quantitative estimate of drug-likeness (QED) is 0.901. The van der Waals surface area contributed by atoms with Crippen molar-refractivity contribution in [1.29, 1.82) is 0 Å². The largest absolute Gasteiger partial charge is 0.375 e. The van der Waals surface area contributed by atoms with E-state index < -0.39 is 0 Å². The molecule has 1 N–H and O–H groups in total. The SMILES string of the molecule is COCC(=O)N1CCC(NCc2cc(F)ccc2C)CC1. The Morgan fingerprint density at radius 3 is 2.81 bits per heavy atom. The summed E-state index contributed by atoms with van der Waals surface area (Å²) >= 11 is 0. The van der Waals surface area contributed by atoms with Gasteiger partial charge in [-0.15, -0.1) is 0 Å². The molecule has 4 nitrogen and oxygen atoms in total. The fourth-order valence-corrected chi connectivity index (χ4v) is 2.63. The molecule has 0 atom stereocenters. The molecule has 1 amide bonds. The summed E-state index contributed by atoms with van der Waals surface area (Å²) in [7, 11) is 1.54. The average Bonchev–Trinajstić information content (AvgIpc) is 2.49. The van der Waals surface area contributed by atoms with Gasteiger partial charge in [0, 0.05) is 32.8 Å². The molecule has 0 aromatic heterocycles. The van der Waals surface area contributed by atoms with E-state index in [9.17, 15) is 9.18 Å². The number of piperidine rings is 1. The zero-order valence-corrected chi connectivity index (χ0v) is 12.7. The van der Waals surface area contributed by atoms with Crippen LogP contribution in [0.25, 0.3) is 0 Å². The fourth-order valence-electron chi connectivity index (χ4n) is 2.63. The van der Waals surface area contributed by atoms with Gasteiger partial charge in [0.15, 0.2) is 0 Å². The number of benzene rings is 1. The van der Waals surface area contributed by atoms with Crippen molar-refractivity contribution in [2.45, 2.75) is 32.4 Å². The number of amides is 1. The van der Waals surface area contributed by atoms with E-state index in [0.717, 1.165) is 37.1 Å². The highest BCUT2D eigenvalue weighted by Gasteiger charge is 2.22. The summed E-state index contributed by atoms with van der Waals surface area (Å²) in [6, 6.07) is 5.25. The molecule has 1 aromatic carbocycles. The maximum Gasteiger partial charge on any atom is 0.248 e. The third-order valence-electron chi connectivity index (χ3n) is 4.01. The van der Waals surface area contributed by atoms with Crippen LogP contribution in [0, 0.1) is 12.7 Å². The van der Waals surface area contributed by atoms with Crippen molar-refractivity contribution in [2.24, 2.45) is 0 Å². The lowest BCUT2D eigenvalue weighted by Gasteiger charge is -2.32. The summed E-state index contributed by atoms with van der Waals surface area (Å²) in [4.78, 5) is 13.5. The monoisotopic (exact) mass is 294 g/mol. The summed E-state index contributed by atoms with van der Waals surface area (Å²) in [6.45, 7) is 4.31. The average molecular weight is 294 g/mol. The zero-order valence-electron chi connectivity index (χ0n) is 12.7. The predicted octanol–water partition coefficient (Wildman–Crippen LogP) is 1.86. The number of likely N-dealkylation sites (tertiary alicyclic amines) is 1. The molecule has 0 aliphatic carbocycles. The Kier molecular flexibility index (Phi) is 5.70. The molecule has 116 valence electrons. The molecule has 1 aliphatic heterocycles. The third-order valence-corrected chi connectivity index (χ3v) is 4.01. The molecule has 0 saturated carbocycles. The number of hydrogen-bond acceptors (Lipinski definition) is 3. The number of aryl methyl sites for hydroxylation is 1. The van der Waals surface area contributed by atoms with Crippen molar-refractivity contribution in [3.63, 3.8) is 0 Å². The molecule has 2 rings (SSSR count). The molecule has 1 aliphatic rings. The summed E-state index contributed by atoms with van der Waals surface area (Å²) < 4.78 is 18.1. The number of methoxy groups -OCH3 is 1. The first-order valence-electron chi connectivity index (χ1n) is 7.35. The second kappa shape index (κ2) is 7.52. The van der Waals surface area contributed by atoms with E-state index in [4.69, 9.17) is 4.74 Å². The molecule has 1 fully saturated rings. The number of halogens is 1. The minimum atomic E-state index is -0.197. The first-order chi connectivity index (χ1) is 10.1. The number of carbonyl (C=O) groups excluding carboxylic acids is 1. The Morgan fingerprint density at radius 2 is 2.14 bits per heavy atom. The molecule has 1 heterocycles. The maximum absolute atomic E-state index is 13.2. The van der Waals surface area contributed by atoms with Crippen LogP contribution in [0.2, 0.25) is 0 Å². The topological polar surface area (TPSA) is 41.6 Å². The van der Waals surface area contributed by atoms with Crippen LogP contribution in [0.4, 0.5) is 4.39 Å². The molecule has 0 radical (unpaired) electrons. The lowest BCUT2D eigenvalue weighted by atomic mass is 10.0. The number of carbonyl (C=O) groups is 1. The van der Waals surface area contributed by atoms with Crippen molar-refractivity contribution in [3.8, 4) is 0 Å².